The lowest BCUT2D eigenvalue weighted by molar-refractivity contribution is -0.136. The molecule has 2 aliphatic heterocycles. The maximum absolute atomic E-state index is 13.1. The summed E-state index contributed by atoms with van der Waals surface area (Å²) in [4.78, 5) is 24.3. The number of carbonyl (C=O) groups is 2. The van der Waals surface area contributed by atoms with Crippen LogP contribution in [0.15, 0.2) is 24.3 Å². The van der Waals surface area contributed by atoms with E-state index in [1.807, 2.05) is 0 Å². The Morgan fingerprint density at radius 3 is 2.23 bits per heavy atom. The minimum atomic E-state index is -1.69. The maximum Gasteiger partial charge on any atom is 0.340 e. The lowest BCUT2D eigenvalue weighted by atomic mass is 9.76. The van der Waals surface area contributed by atoms with E-state index in [1.165, 1.54) is 24.3 Å². The zero-order valence-corrected chi connectivity index (χ0v) is 20.7. The summed E-state index contributed by atoms with van der Waals surface area (Å²) in [6.07, 6.45) is -0.349. The van der Waals surface area contributed by atoms with Crippen molar-refractivity contribution in [1.29, 1.82) is 0 Å². The van der Waals surface area contributed by atoms with Crippen LogP contribution in [0.25, 0.3) is 0 Å². The predicted octanol–water partition coefficient (Wildman–Crippen LogP) is 6.61. The Labute approximate surface area is 218 Å². The molecule has 3 aromatic rings. The molecule has 5 rings (SSSR count). The van der Waals surface area contributed by atoms with Crippen LogP contribution < -0.4 is 4.74 Å². The average molecular weight is 556 g/mol. The van der Waals surface area contributed by atoms with Crippen molar-refractivity contribution in [3.8, 4) is 23.0 Å². The summed E-state index contributed by atoms with van der Waals surface area (Å²) in [5, 5.41) is 30.4. The number of carboxylic acids is 1. The van der Waals surface area contributed by atoms with Crippen LogP contribution in [0.5, 0.6) is 23.0 Å². The first-order valence-corrected chi connectivity index (χ1v) is 11.7. The standard InChI is InChI=1S/C24H14Cl4O7/c1-8-19(31)16(27)7-13-21(8)34-22-12(4-9(2-3-17(29)30)20(32)18(22)28)24(13)11-6-15(26)14(25)5-10(11)23(33)35-24/h4-7,31-32H,2-3H2,1H3,(H,29,30). The van der Waals surface area contributed by atoms with Crippen molar-refractivity contribution in [3.63, 3.8) is 0 Å². The number of aryl methyl sites for hydroxylation is 1. The summed E-state index contributed by atoms with van der Waals surface area (Å²) in [6.45, 7) is 1.56. The molecule has 180 valence electrons. The fourth-order valence-corrected chi connectivity index (χ4v) is 5.35. The number of rotatable bonds is 3. The molecule has 0 aliphatic carbocycles. The molecule has 11 heteroatoms. The van der Waals surface area contributed by atoms with Crippen LogP contribution in [-0.4, -0.2) is 27.3 Å². The summed E-state index contributed by atoms with van der Waals surface area (Å²) >= 11 is 25.3. The van der Waals surface area contributed by atoms with Gasteiger partial charge in [-0.25, -0.2) is 4.79 Å². The van der Waals surface area contributed by atoms with Gasteiger partial charge in [0.05, 0.1) is 20.6 Å². The first-order valence-electron chi connectivity index (χ1n) is 10.2. The molecule has 0 radical (unpaired) electrons. The molecule has 0 aromatic heterocycles. The number of hydrogen-bond donors (Lipinski definition) is 3. The van der Waals surface area contributed by atoms with Gasteiger partial charge in [0.2, 0.25) is 0 Å². The summed E-state index contributed by atoms with van der Waals surface area (Å²) in [5.74, 6) is -2.33. The third-order valence-electron chi connectivity index (χ3n) is 6.19. The van der Waals surface area contributed by atoms with Crippen molar-refractivity contribution in [3.05, 3.63) is 77.7 Å². The van der Waals surface area contributed by atoms with E-state index in [1.54, 1.807) is 6.92 Å². The molecule has 0 saturated carbocycles. The Hall–Kier alpha value is -2.84. The van der Waals surface area contributed by atoms with Gasteiger partial charge in [0.25, 0.3) is 0 Å². The molecule has 0 saturated heterocycles. The van der Waals surface area contributed by atoms with Gasteiger partial charge in [-0.15, -0.1) is 0 Å². The molecule has 2 heterocycles. The number of halogens is 4. The Morgan fingerprint density at radius 1 is 0.914 bits per heavy atom. The number of fused-ring (bicyclic) bond motifs is 6. The molecule has 0 fully saturated rings. The number of esters is 1. The minimum Gasteiger partial charge on any atom is -0.506 e. The number of phenolic OH excluding ortho intramolecular Hbond substituents is 2. The molecule has 2 aliphatic rings. The van der Waals surface area contributed by atoms with Gasteiger partial charge in [-0.2, -0.15) is 0 Å². The van der Waals surface area contributed by atoms with E-state index in [0.29, 0.717) is 5.56 Å². The lowest BCUT2D eigenvalue weighted by Gasteiger charge is -2.38. The molecule has 0 amide bonds. The van der Waals surface area contributed by atoms with E-state index >= 15 is 0 Å². The highest BCUT2D eigenvalue weighted by Gasteiger charge is 2.55. The third kappa shape index (κ3) is 3.33. The third-order valence-corrected chi connectivity index (χ3v) is 7.55. The number of carbonyl (C=O) groups excluding carboxylic acids is 1. The summed E-state index contributed by atoms with van der Waals surface area (Å²) in [6, 6.07) is 5.75. The van der Waals surface area contributed by atoms with Gasteiger partial charge in [-0.1, -0.05) is 46.4 Å². The second kappa shape index (κ2) is 8.10. The highest BCUT2D eigenvalue weighted by molar-refractivity contribution is 6.42. The maximum atomic E-state index is 13.1. The van der Waals surface area contributed by atoms with Crippen molar-refractivity contribution in [1.82, 2.24) is 0 Å². The van der Waals surface area contributed by atoms with E-state index in [9.17, 15) is 19.8 Å². The van der Waals surface area contributed by atoms with Crippen LogP contribution >= 0.6 is 46.4 Å². The van der Waals surface area contributed by atoms with Crippen LogP contribution in [-0.2, 0) is 21.6 Å². The zero-order chi connectivity index (χ0) is 25.4. The fraction of sp³-hybridized carbons (Fsp3) is 0.167. The number of phenols is 2. The monoisotopic (exact) mass is 554 g/mol. The van der Waals surface area contributed by atoms with Gasteiger partial charge < -0.3 is 24.8 Å². The molecule has 35 heavy (non-hydrogen) atoms. The van der Waals surface area contributed by atoms with Gasteiger partial charge in [-0.3, -0.25) is 4.79 Å². The summed E-state index contributed by atoms with van der Waals surface area (Å²) in [5.41, 5.74) is -0.296. The van der Waals surface area contributed by atoms with Crippen LogP contribution in [0.1, 0.15) is 44.6 Å². The van der Waals surface area contributed by atoms with Gasteiger partial charge >= 0.3 is 11.9 Å². The Kier molecular flexibility index (Phi) is 5.53. The second-order valence-corrected chi connectivity index (χ2v) is 9.76. The number of ether oxygens (including phenoxy) is 2. The largest absolute Gasteiger partial charge is 0.506 e. The van der Waals surface area contributed by atoms with E-state index in [0.717, 1.165) is 0 Å². The minimum absolute atomic E-state index is 0.0202. The van der Waals surface area contributed by atoms with Crippen molar-refractivity contribution in [2.75, 3.05) is 0 Å². The molecule has 7 nitrogen and oxygen atoms in total. The molecule has 0 bridgehead atoms. The van der Waals surface area contributed by atoms with Gasteiger partial charge in [-0.05, 0) is 43.2 Å². The lowest BCUT2D eigenvalue weighted by Crippen LogP contribution is -2.33. The second-order valence-electron chi connectivity index (χ2n) is 8.16. The van der Waals surface area contributed by atoms with Crippen LogP contribution in [0, 0.1) is 6.92 Å². The fourth-order valence-electron chi connectivity index (χ4n) is 4.51. The molecule has 3 aromatic carbocycles. The average Bonchev–Trinajstić information content (AvgIpc) is 3.07. The number of carboxylic acid groups (broad SMARTS) is 1. The molecule has 1 atom stereocenters. The van der Waals surface area contributed by atoms with E-state index in [-0.39, 0.29) is 83.7 Å². The number of benzene rings is 3. The van der Waals surface area contributed by atoms with E-state index in [4.69, 9.17) is 61.0 Å². The molecule has 1 spiro atoms. The normalized spacial score (nSPS) is 17.5. The highest BCUT2D eigenvalue weighted by atomic mass is 35.5. The van der Waals surface area contributed by atoms with E-state index in [2.05, 4.69) is 0 Å². The topological polar surface area (TPSA) is 113 Å². The van der Waals surface area contributed by atoms with Crippen molar-refractivity contribution >= 4 is 58.3 Å². The van der Waals surface area contributed by atoms with Gasteiger partial charge in [0.1, 0.15) is 22.3 Å². The van der Waals surface area contributed by atoms with Crippen molar-refractivity contribution in [2.45, 2.75) is 25.4 Å². The number of aliphatic carboxylic acids is 1. The van der Waals surface area contributed by atoms with E-state index < -0.39 is 17.5 Å². The van der Waals surface area contributed by atoms with Gasteiger partial charge in [0.15, 0.2) is 11.4 Å². The molecule has 3 N–H and O–H groups in total. The number of aromatic hydroxyl groups is 2. The Morgan fingerprint density at radius 2 is 1.54 bits per heavy atom. The summed E-state index contributed by atoms with van der Waals surface area (Å²) < 4.78 is 12.1. The Bertz CT molecular complexity index is 1480. The SMILES string of the molecule is Cc1c(O)c(Cl)cc2c1Oc1c(cc(CCC(=O)O)c(O)c1Cl)C21OC(=O)c2cc(Cl)c(Cl)cc21. The predicted molar refractivity (Wildman–Crippen MR) is 129 cm³/mol. The molecular formula is C24H14Cl4O7. The zero-order valence-electron chi connectivity index (χ0n) is 17.7. The molecular weight excluding hydrogens is 542 g/mol. The van der Waals surface area contributed by atoms with Crippen LogP contribution in [0.4, 0.5) is 0 Å². The first-order chi connectivity index (χ1) is 16.5. The Balaban J connectivity index is 1.92. The summed E-state index contributed by atoms with van der Waals surface area (Å²) in [7, 11) is 0. The number of hydrogen-bond acceptors (Lipinski definition) is 6. The van der Waals surface area contributed by atoms with Gasteiger partial charge in [0, 0.05) is 28.7 Å². The van der Waals surface area contributed by atoms with Crippen molar-refractivity contribution in [2.24, 2.45) is 0 Å². The smallest absolute Gasteiger partial charge is 0.340 e. The quantitative estimate of drug-likeness (QED) is 0.312. The molecule has 1 unspecified atom stereocenters. The highest BCUT2D eigenvalue weighted by Crippen LogP contribution is 2.61. The first kappa shape index (κ1) is 23.9. The van der Waals surface area contributed by atoms with Crippen LogP contribution in [0.2, 0.25) is 20.1 Å². The van der Waals surface area contributed by atoms with Crippen molar-refractivity contribution < 1.29 is 34.4 Å². The van der Waals surface area contributed by atoms with Crippen LogP contribution in [0.3, 0.4) is 0 Å².